The molecule has 0 spiro atoms. The van der Waals surface area contributed by atoms with Gasteiger partial charge in [0, 0.05) is 33.3 Å². The van der Waals surface area contributed by atoms with E-state index in [1.54, 1.807) is 19.2 Å². The first kappa shape index (κ1) is 20.7. The average Bonchev–Trinajstić information content (AvgIpc) is 2.66. The number of methoxy groups -OCH3 is 1. The highest BCUT2D eigenvalue weighted by Crippen LogP contribution is 2.17. The normalized spacial score (nSPS) is 16.5. The number of benzene rings is 1. The third-order valence-corrected chi connectivity index (χ3v) is 5.94. The largest absolute Gasteiger partial charge is 0.383 e. The molecule has 1 fully saturated rings. The summed E-state index contributed by atoms with van der Waals surface area (Å²) in [5.74, 6) is 0.787. The van der Waals surface area contributed by atoms with Gasteiger partial charge in [0.15, 0.2) is 5.96 Å². The number of rotatable bonds is 8. The smallest absolute Gasteiger partial charge is 0.240 e. The average molecular weight is 383 g/mol. The van der Waals surface area contributed by atoms with E-state index in [2.05, 4.69) is 20.3 Å². The third-order valence-electron chi connectivity index (χ3n) is 4.46. The predicted octanol–water partition coefficient (Wildman–Crippen LogP) is 1.61. The van der Waals surface area contributed by atoms with Crippen LogP contribution in [0.1, 0.15) is 37.7 Å². The number of ether oxygens (including phenoxy) is 1. The molecule has 1 aliphatic rings. The molecule has 2 rings (SSSR count). The van der Waals surface area contributed by atoms with Crippen LogP contribution in [0.5, 0.6) is 0 Å². The first-order chi connectivity index (χ1) is 12.5. The van der Waals surface area contributed by atoms with Crippen molar-refractivity contribution >= 4 is 16.0 Å². The lowest BCUT2D eigenvalue weighted by atomic mass is 9.96. The van der Waals surface area contributed by atoms with Gasteiger partial charge in [0.2, 0.25) is 10.0 Å². The Morgan fingerprint density at radius 2 is 1.88 bits per heavy atom. The van der Waals surface area contributed by atoms with Crippen LogP contribution in [-0.4, -0.2) is 47.7 Å². The van der Waals surface area contributed by atoms with Gasteiger partial charge in [-0.05, 0) is 30.5 Å². The van der Waals surface area contributed by atoms with Gasteiger partial charge in [-0.25, -0.2) is 13.1 Å². The van der Waals surface area contributed by atoms with Crippen LogP contribution in [0.3, 0.4) is 0 Å². The standard InChI is InChI=1S/C18H30N4O3S/c1-19-18(22-16-6-4-3-5-7-16)20-14-15-8-10-17(11-9-15)26(23,24)21-12-13-25-2/h8-11,16,21H,3-7,12-14H2,1-2H3,(H2,19,20,22). The van der Waals surface area contributed by atoms with Crippen molar-refractivity contribution in [3.05, 3.63) is 29.8 Å². The molecular weight excluding hydrogens is 352 g/mol. The molecule has 7 nitrogen and oxygen atoms in total. The van der Waals surface area contributed by atoms with Gasteiger partial charge in [-0.3, -0.25) is 4.99 Å². The van der Waals surface area contributed by atoms with E-state index < -0.39 is 10.0 Å². The number of sulfonamides is 1. The van der Waals surface area contributed by atoms with E-state index >= 15 is 0 Å². The van der Waals surface area contributed by atoms with Crippen LogP contribution >= 0.6 is 0 Å². The van der Waals surface area contributed by atoms with Crippen molar-refractivity contribution in [3.8, 4) is 0 Å². The second-order valence-electron chi connectivity index (χ2n) is 6.44. The quantitative estimate of drug-likeness (QED) is 0.361. The fourth-order valence-electron chi connectivity index (χ4n) is 2.97. The molecule has 0 unspecified atom stereocenters. The third kappa shape index (κ3) is 6.59. The topological polar surface area (TPSA) is 91.8 Å². The van der Waals surface area contributed by atoms with E-state index in [9.17, 15) is 8.42 Å². The fourth-order valence-corrected chi connectivity index (χ4v) is 3.98. The summed E-state index contributed by atoms with van der Waals surface area (Å²) in [7, 11) is -0.193. The molecule has 0 atom stereocenters. The highest BCUT2D eigenvalue weighted by Gasteiger charge is 2.15. The van der Waals surface area contributed by atoms with Crippen molar-refractivity contribution in [1.29, 1.82) is 0 Å². The molecule has 0 aromatic heterocycles. The van der Waals surface area contributed by atoms with Crippen molar-refractivity contribution in [2.24, 2.45) is 4.99 Å². The Labute approximate surface area is 156 Å². The van der Waals surface area contributed by atoms with Crippen LogP contribution in [0.25, 0.3) is 0 Å². The summed E-state index contributed by atoms with van der Waals surface area (Å²) in [4.78, 5) is 4.52. The second-order valence-corrected chi connectivity index (χ2v) is 8.21. The predicted molar refractivity (Wildman–Crippen MR) is 104 cm³/mol. The van der Waals surface area contributed by atoms with Crippen LogP contribution in [0.15, 0.2) is 34.2 Å². The Morgan fingerprint density at radius 3 is 2.50 bits per heavy atom. The van der Waals surface area contributed by atoms with E-state index in [0.717, 1.165) is 11.5 Å². The van der Waals surface area contributed by atoms with E-state index in [4.69, 9.17) is 4.74 Å². The number of nitrogens with one attached hydrogen (secondary N) is 3. The number of aliphatic imine (C=N–C) groups is 1. The summed E-state index contributed by atoms with van der Waals surface area (Å²) >= 11 is 0. The fraction of sp³-hybridized carbons (Fsp3) is 0.611. The first-order valence-electron chi connectivity index (χ1n) is 9.10. The lowest BCUT2D eigenvalue weighted by Crippen LogP contribution is -2.43. The number of guanidine groups is 1. The van der Waals surface area contributed by atoms with Gasteiger partial charge in [-0.15, -0.1) is 0 Å². The minimum absolute atomic E-state index is 0.252. The van der Waals surface area contributed by atoms with E-state index in [-0.39, 0.29) is 11.4 Å². The zero-order chi connectivity index (χ0) is 18.8. The zero-order valence-corrected chi connectivity index (χ0v) is 16.4. The summed E-state index contributed by atoms with van der Waals surface area (Å²) in [6, 6.07) is 7.34. The van der Waals surface area contributed by atoms with E-state index in [0.29, 0.717) is 19.2 Å². The Kier molecular flexibility index (Phi) is 8.34. The molecule has 26 heavy (non-hydrogen) atoms. The van der Waals surface area contributed by atoms with Crippen molar-refractivity contribution in [2.75, 3.05) is 27.3 Å². The molecule has 1 aliphatic carbocycles. The van der Waals surface area contributed by atoms with Gasteiger partial charge in [-0.2, -0.15) is 0 Å². The first-order valence-corrected chi connectivity index (χ1v) is 10.6. The Morgan fingerprint density at radius 1 is 1.19 bits per heavy atom. The zero-order valence-electron chi connectivity index (χ0n) is 15.6. The molecule has 0 aliphatic heterocycles. The number of nitrogens with zero attached hydrogens (tertiary/aromatic N) is 1. The maximum absolute atomic E-state index is 12.1. The van der Waals surface area contributed by atoms with Crippen molar-refractivity contribution in [1.82, 2.24) is 15.4 Å². The summed E-state index contributed by atoms with van der Waals surface area (Å²) in [5, 5.41) is 6.75. The van der Waals surface area contributed by atoms with E-state index in [1.165, 1.54) is 39.2 Å². The lowest BCUT2D eigenvalue weighted by Gasteiger charge is -2.24. The molecule has 1 aromatic rings. The Balaban J connectivity index is 1.85. The van der Waals surface area contributed by atoms with Crippen molar-refractivity contribution in [2.45, 2.75) is 49.6 Å². The molecule has 0 heterocycles. The van der Waals surface area contributed by atoms with Gasteiger partial charge < -0.3 is 15.4 Å². The van der Waals surface area contributed by atoms with Crippen LogP contribution in [0, 0.1) is 0 Å². The maximum Gasteiger partial charge on any atom is 0.240 e. The van der Waals surface area contributed by atoms with Crippen LogP contribution in [-0.2, 0) is 21.3 Å². The van der Waals surface area contributed by atoms with Gasteiger partial charge in [0.25, 0.3) is 0 Å². The van der Waals surface area contributed by atoms with Crippen LogP contribution < -0.4 is 15.4 Å². The van der Waals surface area contributed by atoms with Crippen LogP contribution in [0.4, 0.5) is 0 Å². The molecule has 0 radical (unpaired) electrons. The van der Waals surface area contributed by atoms with E-state index in [1.807, 2.05) is 12.1 Å². The highest BCUT2D eigenvalue weighted by molar-refractivity contribution is 7.89. The van der Waals surface area contributed by atoms with Gasteiger partial charge in [0.05, 0.1) is 11.5 Å². The minimum Gasteiger partial charge on any atom is -0.383 e. The molecular formula is C18H30N4O3S. The summed E-state index contributed by atoms with van der Waals surface area (Å²) < 4.78 is 31.6. The monoisotopic (exact) mass is 382 g/mol. The van der Waals surface area contributed by atoms with Crippen molar-refractivity contribution < 1.29 is 13.2 Å². The van der Waals surface area contributed by atoms with Crippen molar-refractivity contribution in [3.63, 3.8) is 0 Å². The summed E-state index contributed by atoms with van der Waals surface area (Å²) in [6.07, 6.45) is 6.22. The maximum atomic E-state index is 12.1. The Hall–Kier alpha value is -1.64. The minimum atomic E-state index is -3.49. The highest BCUT2D eigenvalue weighted by atomic mass is 32.2. The molecule has 8 heteroatoms. The number of hydrogen-bond acceptors (Lipinski definition) is 4. The molecule has 1 saturated carbocycles. The molecule has 0 amide bonds. The molecule has 0 bridgehead atoms. The SMILES string of the molecule is CN=C(NCc1ccc(S(=O)(=O)NCCOC)cc1)NC1CCCCC1. The van der Waals surface area contributed by atoms with Gasteiger partial charge in [-0.1, -0.05) is 31.4 Å². The molecule has 0 saturated heterocycles. The lowest BCUT2D eigenvalue weighted by molar-refractivity contribution is 0.204. The van der Waals surface area contributed by atoms with Crippen LogP contribution in [0.2, 0.25) is 0 Å². The Bertz CT molecular complexity index is 668. The summed E-state index contributed by atoms with van der Waals surface area (Å²) in [5.41, 5.74) is 0.993. The molecule has 1 aromatic carbocycles. The molecule has 146 valence electrons. The number of hydrogen-bond donors (Lipinski definition) is 3. The summed E-state index contributed by atoms with van der Waals surface area (Å²) in [6.45, 7) is 1.18. The second kappa shape index (κ2) is 10.5. The van der Waals surface area contributed by atoms with Gasteiger partial charge >= 0.3 is 0 Å². The van der Waals surface area contributed by atoms with Gasteiger partial charge in [0.1, 0.15) is 0 Å². The molecule has 3 N–H and O–H groups in total.